The molecule has 33 heavy (non-hydrogen) atoms. The van der Waals surface area contributed by atoms with Crippen molar-refractivity contribution < 1.29 is 4.79 Å². The minimum absolute atomic E-state index is 0.0558. The SMILES string of the molecule is CC(NC(=O)CN(C)c1nn2c(NC(C)(C)C)c(-c3ccccc3)nc2s1)c1ccccc1. The van der Waals surface area contributed by atoms with Crippen LogP contribution in [0.4, 0.5) is 10.9 Å². The maximum absolute atomic E-state index is 12.6. The quantitative estimate of drug-likeness (QED) is 0.405. The molecule has 0 aliphatic rings. The molecule has 1 atom stereocenters. The lowest BCUT2D eigenvalue weighted by Gasteiger charge is -2.22. The van der Waals surface area contributed by atoms with Crippen molar-refractivity contribution in [2.45, 2.75) is 39.3 Å². The van der Waals surface area contributed by atoms with Gasteiger partial charge in [-0.05, 0) is 33.3 Å². The molecular weight excluding hydrogens is 432 g/mol. The first-order valence-corrected chi connectivity index (χ1v) is 11.8. The second-order valence-corrected chi connectivity index (χ2v) is 10.1. The number of nitrogens with one attached hydrogen (secondary N) is 2. The first kappa shape index (κ1) is 22.8. The lowest BCUT2D eigenvalue weighted by molar-refractivity contribution is -0.120. The minimum atomic E-state index is -0.164. The Morgan fingerprint density at radius 2 is 1.73 bits per heavy atom. The lowest BCUT2D eigenvalue weighted by Crippen LogP contribution is -2.36. The van der Waals surface area contributed by atoms with Crippen molar-refractivity contribution in [2.75, 3.05) is 23.8 Å². The van der Waals surface area contributed by atoms with Crippen LogP contribution >= 0.6 is 11.3 Å². The zero-order valence-corrected chi connectivity index (χ0v) is 20.5. The third-order valence-electron chi connectivity index (χ3n) is 5.12. The Balaban J connectivity index is 1.55. The second-order valence-electron chi connectivity index (χ2n) is 9.19. The molecule has 1 amide bonds. The second kappa shape index (κ2) is 9.23. The summed E-state index contributed by atoms with van der Waals surface area (Å²) in [5, 5.41) is 12.1. The summed E-state index contributed by atoms with van der Waals surface area (Å²) >= 11 is 1.46. The van der Waals surface area contributed by atoms with Crippen molar-refractivity contribution in [3.63, 3.8) is 0 Å². The number of nitrogens with zero attached hydrogens (tertiary/aromatic N) is 4. The maximum atomic E-state index is 12.6. The van der Waals surface area contributed by atoms with Gasteiger partial charge in [-0.2, -0.15) is 4.52 Å². The van der Waals surface area contributed by atoms with Crippen LogP contribution in [0.25, 0.3) is 16.2 Å². The van der Waals surface area contributed by atoms with Gasteiger partial charge in [-0.15, -0.1) is 5.10 Å². The van der Waals surface area contributed by atoms with Crippen LogP contribution in [0.15, 0.2) is 60.7 Å². The van der Waals surface area contributed by atoms with Crippen LogP contribution in [0.2, 0.25) is 0 Å². The van der Waals surface area contributed by atoms with Crippen molar-refractivity contribution in [3.05, 3.63) is 66.2 Å². The molecule has 2 aromatic carbocycles. The Bertz CT molecular complexity index is 1230. The Morgan fingerprint density at radius 3 is 2.36 bits per heavy atom. The third kappa shape index (κ3) is 5.34. The number of anilines is 2. The van der Waals surface area contributed by atoms with E-state index in [9.17, 15) is 4.79 Å². The Morgan fingerprint density at radius 1 is 1.09 bits per heavy atom. The van der Waals surface area contributed by atoms with Crippen molar-refractivity contribution in [2.24, 2.45) is 0 Å². The number of benzene rings is 2. The predicted octanol–water partition coefficient (Wildman–Crippen LogP) is 4.98. The number of hydrogen-bond donors (Lipinski definition) is 2. The topological polar surface area (TPSA) is 74.6 Å². The number of likely N-dealkylation sites (N-methyl/N-ethyl adjacent to an activating group) is 1. The molecular formula is C25H30N6OS. The first-order chi connectivity index (χ1) is 15.7. The number of fused-ring (bicyclic) bond motifs is 1. The summed E-state index contributed by atoms with van der Waals surface area (Å²) in [5.41, 5.74) is 2.81. The van der Waals surface area contributed by atoms with Gasteiger partial charge in [0.05, 0.1) is 12.6 Å². The zero-order chi connectivity index (χ0) is 23.6. The van der Waals surface area contributed by atoms with Gasteiger partial charge in [-0.3, -0.25) is 4.79 Å². The number of hydrogen-bond acceptors (Lipinski definition) is 6. The van der Waals surface area contributed by atoms with Gasteiger partial charge in [0.2, 0.25) is 16.0 Å². The van der Waals surface area contributed by atoms with E-state index < -0.39 is 0 Å². The average molecular weight is 463 g/mol. The Labute approximate surface area is 198 Å². The van der Waals surface area contributed by atoms with E-state index in [0.717, 1.165) is 32.7 Å². The van der Waals surface area contributed by atoms with E-state index in [1.807, 2.05) is 84.1 Å². The molecule has 0 aliphatic carbocycles. The van der Waals surface area contributed by atoms with Crippen LogP contribution in [0.3, 0.4) is 0 Å². The molecule has 4 aromatic rings. The largest absolute Gasteiger partial charge is 0.364 e. The number of rotatable bonds is 7. The standard InChI is InChI=1S/C25H30N6OS/c1-17(18-12-8-6-9-13-18)26-20(32)16-30(5)24-29-31-22(28-25(2,3)4)21(27-23(31)33-24)19-14-10-7-11-15-19/h6-15,17,28H,16H2,1-5H3,(H,26,32). The minimum Gasteiger partial charge on any atom is -0.364 e. The predicted molar refractivity (Wildman–Crippen MR) is 136 cm³/mol. The molecule has 0 spiro atoms. The van der Waals surface area contributed by atoms with E-state index in [1.54, 1.807) is 0 Å². The van der Waals surface area contributed by atoms with Gasteiger partial charge in [-0.1, -0.05) is 72.0 Å². The van der Waals surface area contributed by atoms with Gasteiger partial charge < -0.3 is 15.5 Å². The molecule has 0 bridgehead atoms. The highest BCUT2D eigenvalue weighted by molar-refractivity contribution is 7.20. The molecule has 0 saturated heterocycles. The molecule has 0 saturated carbocycles. The summed E-state index contributed by atoms with van der Waals surface area (Å²) in [6, 6.07) is 20.0. The van der Waals surface area contributed by atoms with Gasteiger partial charge in [0.15, 0.2) is 5.82 Å². The van der Waals surface area contributed by atoms with Crippen molar-refractivity contribution in [1.82, 2.24) is 19.9 Å². The highest BCUT2D eigenvalue weighted by Gasteiger charge is 2.23. The van der Waals surface area contributed by atoms with E-state index in [1.165, 1.54) is 11.3 Å². The fraction of sp³-hybridized carbons (Fsp3) is 0.320. The van der Waals surface area contributed by atoms with Crippen molar-refractivity contribution in [1.29, 1.82) is 0 Å². The van der Waals surface area contributed by atoms with Crippen LogP contribution < -0.4 is 15.5 Å². The van der Waals surface area contributed by atoms with E-state index >= 15 is 0 Å². The van der Waals surface area contributed by atoms with Gasteiger partial charge in [0.25, 0.3) is 0 Å². The molecule has 0 aliphatic heterocycles. The van der Waals surface area contributed by atoms with Gasteiger partial charge in [0.1, 0.15) is 5.69 Å². The monoisotopic (exact) mass is 462 g/mol. The fourth-order valence-corrected chi connectivity index (χ4v) is 4.41. The summed E-state index contributed by atoms with van der Waals surface area (Å²) in [4.78, 5) is 20.1. The molecule has 2 N–H and O–H groups in total. The molecule has 0 fully saturated rings. The number of carbonyl (C=O) groups excluding carboxylic acids is 1. The third-order valence-corrected chi connectivity index (χ3v) is 6.14. The smallest absolute Gasteiger partial charge is 0.240 e. The zero-order valence-electron chi connectivity index (χ0n) is 19.7. The number of amides is 1. The van der Waals surface area contributed by atoms with Crippen LogP contribution in [0, 0.1) is 0 Å². The van der Waals surface area contributed by atoms with E-state index in [0.29, 0.717) is 0 Å². The summed E-state index contributed by atoms with van der Waals surface area (Å²) < 4.78 is 1.84. The number of imidazole rings is 1. The fourth-order valence-electron chi connectivity index (χ4n) is 3.55. The summed E-state index contributed by atoms with van der Waals surface area (Å²) in [7, 11) is 1.88. The molecule has 172 valence electrons. The normalized spacial score (nSPS) is 12.5. The molecule has 2 heterocycles. The van der Waals surface area contributed by atoms with Crippen LogP contribution in [0.1, 0.15) is 39.3 Å². The number of carbonyl (C=O) groups is 1. The summed E-state index contributed by atoms with van der Waals surface area (Å²) in [5.74, 6) is 0.793. The Kier molecular flexibility index (Phi) is 6.37. The first-order valence-electron chi connectivity index (χ1n) is 11.0. The van der Waals surface area contributed by atoms with Gasteiger partial charge >= 0.3 is 0 Å². The van der Waals surface area contributed by atoms with E-state index in [2.05, 4.69) is 31.4 Å². The van der Waals surface area contributed by atoms with E-state index in [-0.39, 0.29) is 24.0 Å². The van der Waals surface area contributed by atoms with E-state index in [4.69, 9.17) is 10.1 Å². The van der Waals surface area contributed by atoms with Crippen LogP contribution in [0.5, 0.6) is 0 Å². The Hall–Kier alpha value is -3.39. The summed E-state index contributed by atoms with van der Waals surface area (Å²) in [6.07, 6.45) is 0. The summed E-state index contributed by atoms with van der Waals surface area (Å²) in [6.45, 7) is 8.53. The van der Waals surface area contributed by atoms with Gasteiger partial charge in [-0.25, -0.2) is 4.98 Å². The molecule has 2 aromatic heterocycles. The maximum Gasteiger partial charge on any atom is 0.240 e. The van der Waals surface area contributed by atoms with Crippen LogP contribution in [-0.2, 0) is 4.79 Å². The average Bonchev–Trinajstić information content (AvgIpc) is 3.33. The molecule has 0 radical (unpaired) electrons. The van der Waals surface area contributed by atoms with Crippen molar-refractivity contribution in [3.8, 4) is 11.3 Å². The molecule has 1 unspecified atom stereocenters. The highest BCUT2D eigenvalue weighted by Crippen LogP contribution is 2.34. The number of aromatic nitrogens is 3. The lowest BCUT2D eigenvalue weighted by atomic mass is 10.1. The van der Waals surface area contributed by atoms with Crippen LogP contribution in [-0.4, -0.2) is 39.6 Å². The molecule has 7 nitrogen and oxygen atoms in total. The molecule has 4 rings (SSSR count). The highest BCUT2D eigenvalue weighted by atomic mass is 32.1. The van der Waals surface area contributed by atoms with Gasteiger partial charge in [0, 0.05) is 18.2 Å². The molecule has 8 heteroatoms. The van der Waals surface area contributed by atoms with Crippen molar-refractivity contribution >= 4 is 33.2 Å².